The van der Waals surface area contributed by atoms with Crippen LogP contribution in [0.25, 0.3) is 11.4 Å². The van der Waals surface area contributed by atoms with Crippen LogP contribution in [0, 0.1) is 0 Å². The first-order valence-corrected chi connectivity index (χ1v) is 8.47. The van der Waals surface area contributed by atoms with E-state index in [4.69, 9.17) is 4.74 Å². The second-order valence-corrected chi connectivity index (χ2v) is 5.52. The maximum absolute atomic E-state index is 11.9. The number of hydrogen-bond donors (Lipinski definition) is 2. The molecule has 2 aromatic heterocycles. The van der Waals surface area contributed by atoms with Crippen LogP contribution in [0.4, 0.5) is 10.5 Å². The topological polar surface area (TPSA) is 81.1 Å². The highest BCUT2D eigenvalue weighted by molar-refractivity contribution is 5.89. The lowest BCUT2D eigenvalue weighted by Crippen LogP contribution is -2.31. The number of urea groups is 1. The molecule has 0 bridgehead atoms. The number of ether oxygens (including phenoxy) is 1. The highest BCUT2D eigenvalue weighted by Gasteiger charge is 2.04. The van der Waals surface area contributed by atoms with Crippen molar-refractivity contribution in [2.75, 3.05) is 18.5 Å². The van der Waals surface area contributed by atoms with E-state index in [1.54, 1.807) is 23.0 Å². The average molecular weight is 351 g/mol. The van der Waals surface area contributed by atoms with Gasteiger partial charge in [0.05, 0.1) is 18.8 Å². The summed E-state index contributed by atoms with van der Waals surface area (Å²) in [5.74, 6) is 0.779. The molecular weight excluding hydrogens is 330 g/mol. The summed E-state index contributed by atoms with van der Waals surface area (Å²) >= 11 is 0. The van der Waals surface area contributed by atoms with E-state index in [0.29, 0.717) is 25.4 Å². The highest BCUT2D eigenvalue weighted by Crippen LogP contribution is 2.15. The molecule has 0 aliphatic heterocycles. The Morgan fingerprint density at radius 1 is 1.12 bits per heavy atom. The van der Waals surface area contributed by atoms with Gasteiger partial charge in [0.1, 0.15) is 11.4 Å². The first-order chi connectivity index (χ1) is 12.7. The number of amides is 2. The van der Waals surface area contributed by atoms with Gasteiger partial charge in [-0.05, 0) is 49.4 Å². The molecular formula is C19H21N5O2. The van der Waals surface area contributed by atoms with Gasteiger partial charge in [-0.15, -0.1) is 0 Å². The third-order valence-corrected chi connectivity index (χ3v) is 3.62. The zero-order chi connectivity index (χ0) is 18.2. The average Bonchev–Trinajstić information content (AvgIpc) is 3.13. The fraction of sp³-hybridized carbons (Fsp3) is 0.211. The molecule has 0 saturated heterocycles. The summed E-state index contributed by atoms with van der Waals surface area (Å²) in [5, 5.41) is 10.1. The van der Waals surface area contributed by atoms with E-state index < -0.39 is 0 Å². The zero-order valence-corrected chi connectivity index (χ0v) is 14.6. The summed E-state index contributed by atoms with van der Waals surface area (Å²) in [7, 11) is 0. The Hall–Kier alpha value is -3.35. The Kier molecular flexibility index (Phi) is 5.82. The lowest BCUT2D eigenvalue weighted by molar-refractivity contribution is 0.251. The summed E-state index contributed by atoms with van der Waals surface area (Å²) < 4.78 is 7.15. The van der Waals surface area contributed by atoms with Crippen LogP contribution in [0.1, 0.15) is 6.92 Å². The number of hydrogen-bond acceptors (Lipinski definition) is 4. The molecule has 2 amide bonds. The lowest BCUT2D eigenvalue weighted by Gasteiger charge is -2.09. The molecule has 3 rings (SSSR count). The Labute approximate surface area is 152 Å². The third-order valence-electron chi connectivity index (χ3n) is 3.62. The van der Waals surface area contributed by atoms with Gasteiger partial charge in [-0.25, -0.2) is 4.79 Å². The van der Waals surface area contributed by atoms with Gasteiger partial charge in [0.15, 0.2) is 0 Å². The van der Waals surface area contributed by atoms with Gasteiger partial charge in [-0.1, -0.05) is 6.07 Å². The van der Waals surface area contributed by atoms with Gasteiger partial charge in [0, 0.05) is 24.6 Å². The molecule has 0 spiro atoms. The van der Waals surface area contributed by atoms with Crippen LogP contribution in [-0.2, 0) is 6.54 Å². The Balaban J connectivity index is 1.44. The second kappa shape index (κ2) is 8.66. The normalized spacial score (nSPS) is 10.3. The number of anilines is 1. The molecule has 0 unspecified atom stereocenters. The van der Waals surface area contributed by atoms with Gasteiger partial charge in [0.25, 0.3) is 0 Å². The lowest BCUT2D eigenvalue weighted by atomic mass is 10.3. The van der Waals surface area contributed by atoms with Gasteiger partial charge in [-0.2, -0.15) is 5.10 Å². The van der Waals surface area contributed by atoms with Gasteiger partial charge in [0.2, 0.25) is 0 Å². The second-order valence-electron chi connectivity index (χ2n) is 5.52. The largest absolute Gasteiger partial charge is 0.494 e. The van der Waals surface area contributed by atoms with Crippen molar-refractivity contribution in [2.24, 2.45) is 0 Å². The van der Waals surface area contributed by atoms with Crippen molar-refractivity contribution in [3.05, 3.63) is 60.9 Å². The maximum atomic E-state index is 11.9. The van der Waals surface area contributed by atoms with Crippen molar-refractivity contribution in [3.63, 3.8) is 0 Å². The summed E-state index contributed by atoms with van der Waals surface area (Å²) in [4.78, 5) is 16.2. The van der Waals surface area contributed by atoms with Gasteiger partial charge >= 0.3 is 6.03 Å². The van der Waals surface area contributed by atoms with E-state index in [-0.39, 0.29) is 6.03 Å². The Morgan fingerprint density at radius 2 is 1.96 bits per heavy atom. The van der Waals surface area contributed by atoms with E-state index in [1.165, 1.54) is 0 Å². The SMILES string of the molecule is CCOc1ccc(NC(=O)NCCn2ccc(-c3ccccn3)n2)cc1. The first kappa shape index (κ1) is 17.5. The van der Waals surface area contributed by atoms with Crippen molar-refractivity contribution < 1.29 is 9.53 Å². The summed E-state index contributed by atoms with van der Waals surface area (Å²) in [6.07, 6.45) is 3.61. The number of benzene rings is 1. The van der Waals surface area contributed by atoms with Gasteiger partial charge < -0.3 is 15.4 Å². The zero-order valence-electron chi connectivity index (χ0n) is 14.6. The standard InChI is InChI=1S/C19H21N5O2/c1-2-26-16-8-6-15(7-9-16)22-19(25)21-12-14-24-13-10-18(23-24)17-5-3-4-11-20-17/h3-11,13H,2,12,14H2,1H3,(H2,21,22,25). The van der Waals surface area contributed by atoms with Gasteiger partial charge in [-0.3, -0.25) is 9.67 Å². The van der Waals surface area contributed by atoms with Crippen LogP contribution in [-0.4, -0.2) is 33.9 Å². The van der Waals surface area contributed by atoms with Crippen LogP contribution in [0.5, 0.6) is 5.75 Å². The summed E-state index contributed by atoms with van der Waals surface area (Å²) in [5.41, 5.74) is 2.35. The predicted octanol–water partition coefficient (Wildman–Crippen LogP) is 3.17. The molecule has 0 atom stereocenters. The molecule has 0 radical (unpaired) electrons. The quantitative estimate of drug-likeness (QED) is 0.685. The monoisotopic (exact) mass is 351 g/mol. The third kappa shape index (κ3) is 4.83. The minimum Gasteiger partial charge on any atom is -0.494 e. The minimum atomic E-state index is -0.258. The van der Waals surface area contributed by atoms with E-state index >= 15 is 0 Å². The van der Waals surface area contributed by atoms with Crippen molar-refractivity contribution in [2.45, 2.75) is 13.5 Å². The van der Waals surface area contributed by atoms with E-state index in [1.807, 2.05) is 49.5 Å². The first-order valence-electron chi connectivity index (χ1n) is 8.47. The molecule has 0 fully saturated rings. The molecule has 134 valence electrons. The van der Waals surface area contributed by atoms with E-state index in [9.17, 15) is 4.79 Å². The van der Waals surface area contributed by atoms with Crippen molar-refractivity contribution in [3.8, 4) is 17.1 Å². The molecule has 0 aliphatic carbocycles. The summed E-state index contributed by atoms with van der Waals surface area (Å²) in [6.45, 7) is 3.58. The van der Waals surface area contributed by atoms with Crippen LogP contribution in [0.15, 0.2) is 60.9 Å². The fourth-order valence-electron chi connectivity index (χ4n) is 2.40. The number of carbonyl (C=O) groups excluding carboxylic acids is 1. The minimum absolute atomic E-state index is 0.258. The smallest absolute Gasteiger partial charge is 0.319 e. The predicted molar refractivity (Wildman–Crippen MR) is 100 cm³/mol. The molecule has 1 aromatic carbocycles. The van der Waals surface area contributed by atoms with Crippen LogP contribution < -0.4 is 15.4 Å². The van der Waals surface area contributed by atoms with Crippen molar-refractivity contribution >= 4 is 11.7 Å². The fourth-order valence-corrected chi connectivity index (χ4v) is 2.40. The van der Waals surface area contributed by atoms with Crippen LogP contribution in [0.2, 0.25) is 0 Å². The number of carbonyl (C=O) groups is 1. The van der Waals surface area contributed by atoms with Crippen LogP contribution in [0.3, 0.4) is 0 Å². The number of rotatable bonds is 7. The number of aromatic nitrogens is 3. The maximum Gasteiger partial charge on any atom is 0.319 e. The molecule has 26 heavy (non-hydrogen) atoms. The van der Waals surface area contributed by atoms with E-state index in [0.717, 1.165) is 17.1 Å². The molecule has 7 heteroatoms. The molecule has 7 nitrogen and oxygen atoms in total. The molecule has 3 aromatic rings. The number of nitrogens with one attached hydrogen (secondary N) is 2. The number of nitrogens with zero attached hydrogens (tertiary/aromatic N) is 3. The van der Waals surface area contributed by atoms with Crippen molar-refractivity contribution in [1.82, 2.24) is 20.1 Å². The van der Waals surface area contributed by atoms with E-state index in [2.05, 4.69) is 20.7 Å². The molecule has 2 heterocycles. The molecule has 2 N–H and O–H groups in total. The molecule has 0 aliphatic rings. The Morgan fingerprint density at radius 3 is 2.69 bits per heavy atom. The Bertz CT molecular complexity index is 831. The number of pyridine rings is 1. The highest BCUT2D eigenvalue weighted by atomic mass is 16.5. The summed E-state index contributed by atoms with van der Waals surface area (Å²) in [6, 6.07) is 14.6. The molecule has 0 saturated carbocycles. The van der Waals surface area contributed by atoms with Crippen molar-refractivity contribution in [1.29, 1.82) is 0 Å². The van der Waals surface area contributed by atoms with Crippen LogP contribution >= 0.6 is 0 Å².